The number of benzene rings is 3. The third-order valence-electron chi connectivity index (χ3n) is 6.68. The molecule has 1 amide bonds. The van der Waals surface area contributed by atoms with Gasteiger partial charge in [0.1, 0.15) is 23.9 Å². The third kappa shape index (κ3) is 5.84. The number of phenols is 1. The Balaban J connectivity index is 1.64. The molecule has 1 heterocycles. The minimum Gasteiger partial charge on any atom is -0.508 e. The predicted octanol–water partition coefficient (Wildman–Crippen LogP) is 4.73. The van der Waals surface area contributed by atoms with Gasteiger partial charge in [0.05, 0.1) is 11.6 Å². The maximum absolute atomic E-state index is 13.2. The molecule has 2 N–H and O–H groups in total. The van der Waals surface area contributed by atoms with E-state index in [0.29, 0.717) is 36.6 Å². The molecule has 1 atom stereocenters. The van der Waals surface area contributed by atoms with E-state index in [4.69, 9.17) is 4.74 Å². The first kappa shape index (κ1) is 26.0. The number of amides is 1. The first-order valence-electron chi connectivity index (χ1n) is 12.5. The Hall–Kier alpha value is -4.10. The number of ether oxygens (including phenoxy) is 1. The highest BCUT2D eigenvalue weighted by Gasteiger charge is 2.45. The normalized spacial score (nSPS) is 16.9. The summed E-state index contributed by atoms with van der Waals surface area (Å²) in [5, 5.41) is 21.0. The number of Topliss-reactive ketones (excluding diaryl/α,β-unsaturated/α-hetero) is 1. The van der Waals surface area contributed by atoms with E-state index in [1.807, 2.05) is 44.2 Å². The average Bonchev–Trinajstić information content (AvgIpc) is 3.18. The molecule has 0 radical (unpaired) electrons. The molecule has 37 heavy (non-hydrogen) atoms. The first-order valence-corrected chi connectivity index (χ1v) is 12.5. The highest BCUT2D eigenvalue weighted by Crippen LogP contribution is 2.39. The third-order valence-corrected chi connectivity index (χ3v) is 6.68. The lowest BCUT2D eigenvalue weighted by atomic mass is 9.95. The van der Waals surface area contributed by atoms with Crippen molar-refractivity contribution in [3.8, 4) is 11.5 Å². The van der Waals surface area contributed by atoms with E-state index in [-0.39, 0.29) is 17.1 Å². The number of phenolic OH excluding ortho intramolecular Hbond substituents is 1. The summed E-state index contributed by atoms with van der Waals surface area (Å²) in [7, 11) is 0. The Morgan fingerprint density at radius 1 is 0.919 bits per heavy atom. The highest BCUT2D eigenvalue weighted by atomic mass is 16.5. The minimum absolute atomic E-state index is 0.0354. The Labute approximate surface area is 217 Å². The summed E-state index contributed by atoms with van der Waals surface area (Å²) in [4.78, 5) is 30.0. The molecule has 7 heteroatoms. The summed E-state index contributed by atoms with van der Waals surface area (Å²) < 4.78 is 5.83. The van der Waals surface area contributed by atoms with Crippen LogP contribution in [0.2, 0.25) is 0 Å². The number of nitrogens with zero attached hydrogens (tertiary/aromatic N) is 2. The van der Waals surface area contributed by atoms with Gasteiger partial charge < -0.3 is 24.7 Å². The van der Waals surface area contributed by atoms with Gasteiger partial charge in [-0.2, -0.15) is 0 Å². The second kappa shape index (κ2) is 11.8. The number of rotatable bonds is 10. The first-order chi connectivity index (χ1) is 17.9. The lowest BCUT2D eigenvalue weighted by Gasteiger charge is -2.28. The summed E-state index contributed by atoms with van der Waals surface area (Å²) in [6.45, 7) is 7.07. The molecule has 0 saturated carbocycles. The van der Waals surface area contributed by atoms with E-state index in [0.717, 1.165) is 18.7 Å². The minimum atomic E-state index is -0.759. The van der Waals surface area contributed by atoms with Crippen LogP contribution in [0.1, 0.15) is 36.6 Å². The summed E-state index contributed by atoms with van der Waals surface area (Å²) in [5.41, 5.74) is 2.12. The zero-order valence-corrected chi connectivity index (χ0v) is 21.1. The van der Waals surface area contributed by atoms with Crippen molar-refractivity contribution in [2.45, 2.75) is 26.5 Å². The Morgan fingerprint density at radius 3 is 2.19 bits per heavy atom. The van der Waals surface area contributed by atoms with Crippen molar-refractivity contribution in [2.24, 2.45) is 0 Å². The van der Waals surface area contributed by atoms with Gasteiger partial charge in [-0.3, -0.25) is 9.59 Å². The number of ketones is 1. The molecule has 0 aliphatic carbocycles. The van der Waals surface area contributed by atoms with Crippen molar-refractivity contribution in [3.63, 3.8) is 0 Å². The average molecular weight is 501 g/mol. The van der Waals surface area contributed by atoms with E-state index in [1.165, 1.54) is 17.0 Å². The van der Waals surface area contributed by atoms with Crippen LogP contribution in [-0.2, 0) is 16.2 Å². The standard InChI is InChI=1S/C30H32N2O5/c1-3-31(4-2)18-19-32-27(22-10-14-24(33)15-11-22)26(29(35)30(32)36)28(34)23-12-16-25(17-13-23)37-20-21-8-6-5-7-9-21/h5-17,27,33-34H,3-4,18-20H2,1-2H3/t27-/m1/s1. The van der Waals surface area contributed by atoms with Crippen LogP contribution in [0, 0.1) is 0 Å². The molecule has 1 fully saturated rings. The van der Waals surface area contributed by atoms with Gasteiger partial charge in [-0.1, -0.05) is 56.3 Å². The van der Waals surface area contributed by atoms with Gasteiger partial charge in [-0.15, -0.1) is 0 Å². The van der Waals surface area contributed by atoms with Crippen molar-refractivity contribution >= 4 is 17.4 Å². The maximum atomic E-state index is 13.2. The Bertz CT molecular complexity index is 1250. The van der Waals surface area contributed by atoms with Gasteiger partial charge in [0.2, 0.25) is 0 Å². The molecule has 3 aromatic rings. The van der Waals surface area contributed by atoms with Gasteiger partial charge in [-0.25, -0.2) is 0 Å². The number of hydrogen-bond acceptors (Lipinski definition) is 6. The lowest BCUT2D eigenvalue weighted by molar-refractivity contribution is -0.140. The van der Waals surface area contributed by atoms with E-state index < -0.39 is 17.7 Å². The van der Waals surface area contributed by atoms with Gasteiger partial charge >= 0.3 is 0 Å². The summed E-state index contributed by atoms with van der Waals surface area (Å²) >= 11 is 0. The topological polar surface area (TPSA) is 90.3 Å². The largest absolute Gasteiger partial charge is 0.508 e. The van der Waals surface area contributed by atoms with Crippen molar-refractivity contribution in [1.82, 2.24) is 9.80 Å². The summed E-state index contributed by atoms with van der Waals surface area (Å²) in [5.74, 6) is -0.907. The molecule has 4 rings (SSSR count). The number of carbonyl (C=O) groups excluding carboxylic acids is 2. The maximum Gasteiger partial charge on any atom is 0.295 e. The number of carbonyl (C=O) groups is 2. The molecule has 3 aromatic carbocycles. The molecule has 7 nitrogen and oxygen atoms in total. The SMILES string of the molecule is CCN(CC)CCN1C(=O)C(=O)C(=C(O)c2ccc(OCc3ccccc3)cc2)[C@H]1c1ccc(O)cc1. The van der Waals surface area contributed by atoms with Crippen molar-refractivity contribution in [1.29, 1.82) is 0 Å². The molecule has 0 aromatic heterocycles. The molecule has 1 aliphatic heterocycles. The smallest absolute Gasteiger partial charge is 0.295 e. The van der Waals surface area contributed by atoms with Gasteiger partial charge in [0.25, 0.3) is 11.7 Å². The van der Waals surface area contributed by atoms with Crippen LogP contribution >= 0.6 is 0 Å². The van der Waals surface area contributed by atoms with E-state index in [9.17, 15) is 19.8 Å². The molecular formula is C30H32N2O5. The van der Waals surface area contributed by atoms with Crippen molar-refractivity contribution < 1.29 is 24.5 Å². The number of hydrogen-bond donors (Lipinski definition) is 2. The van der Waals surface area contributed by atoms with Crippen LogP contribution in [0.15, 0.2) is 84.4 Å². The van der Waals surface area contributed by atoms with Crippen molar-refractivity contribution in [2.75, 3.05) is 26.2 Å². The number of aliphatic hydroxyl groups excluding tert-OH is 1. The Morgan fingerprint density at radius 2 is 1.57 bits per heavy atom. The van der Waals surface area contributed by atoms with Gasteiger partial charge in [-0.05, 0) is 60.6 Å². The summed E-state index contributed by atoms with van der Waals surface area (Å²) in [6, 6.07) is 22.2. The van der Waals surface area contributed by atoms with Crippen molar-refractivity contribution in [3.05, 3.63) is 101 Å². The lowest BCUT2D eigenvalue weighted by Crippen LogP contribution is -2.38. The zero-order valence-electron chi connectivity index (χ0n) is 21.1. The van der Waals surface area contributed by atoms with Gasteiger partial charge in [0.15, 0.2) is 0 Å². The molecule has 0 unspecified atom stereocenters. The number of likely N-dealkylation sites (N-methyl/N-ethyl adjacent to an activating group) is 1. The van der Waals surface area contributed by atoms with Gasteiger partial charge in [0, 0.05) is 18.7 Å². The number of aliphatic hydroxyl groups is 1. The van der Waals surface area contributed by atoms with E-state index in [1.54, 1.807) is 36.4 Å². The molecule has 192 valence electrons. The fraction of sp³-hybridized carbons (Fsp3) is 0.267. The molecular weight excluding hydrogens is 468 g/mol. The fourth-order valence-electron chi connectivity index (χ4n) is 4.51. The highest BCUT2D eigenvalue weighted by molar-refractivity contribution is 6.46. The summed E-state index contributed by atoms with van der Waals surface area (Å²) in [6.07, 6.45) is 0. The van der Waals surface area contributed by atoms with E-state index >= 15 is 0 Å². The number of aromatic hydroxyl groups is 1. The second-order valence-electron chi connectivity index (χ2n) is 8.91. The predicted molar refractivity (Wildman–Crippen MR) is 142 cm³/mol. The van der Waals surface area contributed by atoms with Crippen LogP contribution in [0.5, 0.6) is 11.5 Å². The zero-order chi connectivity index (χ0) is 26.4. The second-order valence-corrected chi connectivity index (χ2v) is 8.91. The van der Waals surface area contributed by atoms with Crippen LogP contribution in [-0.4, -0.2) is 57.9 Å². The molecule has 0 bridgehead atoms. The molecule has 1 saturated heterocycles. The fourth-order valence-corrected chi connectivity index (χ4v) is 4.51. The van der Waals surface area contributed by atoms with Crippen LogP contribution in [0.25, 0.3) is 5.76 Å². The number of likely N-dealkylation sites (tertiary alicyclic amines) is 1. The quantitative estimate of drug-likeness (QED) is 0.238. The van der Waals surface area contributed by atoms with E-state index in [2.05, 4.69) is 4.90 Å². The Kier molecular flexibility index (Phi) is 8.25. The molecule has 1 aliphatic rings. The van der Waals surface area contributed by atoms with Crippen LogP contribution in [0.4, 0.5) is 0 Å². The van der Waals surface area contributed by atoms with Crippen LogP contribution in [0.3, 0.4) is 0 Å². The molecule has 0 spiro atoms. The monoisotopic (exact) mass is 500 g/mol. The van der Waals surface area contributed by atoms with Crippen LogP contribution < -0.4 is 4.74 Å².